The maximum absolute atomic E-state index is 12.1. The topological polar surface area (TPSA) is 85.8 Å². The summed E-state index contributed by atoms with van der Waals surface area (Å²) >= 11 is 0. The molecule has 3 N–H and O–H groups in total. The minimum atomic E-state index is -0.633. The van der Waals surface area contributed by atoms with E-state index < -0.39 is 6.04 Å². The Morgan fingerprint density at radius 2 is 1.92 bits per heavy atom. The third-order valence-electron chi connectivity index (χ3n) is 4.28. The molecule has 1 aliphatic rings. The van der Waals surface area contributed by atoms with E-state index in [4.69, 9.17) is 5.73 Å². The van der Waals surface area contributed by atoms with E-state index in [1.165, 1.54) is 19.3 Å². The van der Waals surface area contributed by atoms with Gasteiger partial charge in [0.1, 0.15) is 17.7 Å². The molecule has 8 heteroatoms. The number of carbonyl (C=O) groups is 1. The quantitative estimate of drug-likeness (QED) is 0.825. The Bertz CT molecular complexity index is 662. The average Bonchev–Trinajstić information content (AvgIpc) is 2.82. The predicted molar refractivity (Wildman–Crippen MR) is 102 cm³/mol. The van der Waals surface area contributed by atoms with Crippen molar-refractivity contribution in [2.45, 2.75) is 44.7 Å². The first-order valence-corrected chi connectivity index (χ1v) is 8.25. The Hall–Kier alpha value is -1.63. The molecule has 0 bridgehead atoms. The maximum atomic E-state index is 12.1. The van der Waals surface area contributed by atoms with Crippen molar-refractivity contribution < 1.29 is 4.79 Å². The molecule has 1 unspecified atom stereocenters. The van der Waals surface area contributed by atoms with Gasteiger partial charge in [0.2, 0.25) is 5.91 Å². The Labute approximate surface area is 160 Å². The van der Waals surface area contributed by atoms with Crippen molar-refractivity contribution in [3.8, 4) is 0 Å². The van der Waals surface area contributed by atoms with Crippen LogP contribution in [0.4, 0.5) is 0 Å². The number of fused-ring (bicyclic) bond motifs is 1. The lowest BCUT2D eigenvalue weighted by Crippen LogP contribution is -2.35. The number of rotatable bonds is 5. The maximum Gasteiger partial charge on any atom is 0.241 e. The van der Waals surface area contributed by atoms with Crippen LogP contribution in [0.25, 0.3) is 0 Å². The highest BCUT2D eigenvalue weighted by atomic mass is 35.5. The van der Waals surface area contributed by atoms with Gasteiger partial charge in [0.05, 0.1) is 0 Å². The summed E-state index contributed by atoms with van der Waals surface area (Å²) in [5.41, 5.74) is 6.80. The van der Waals surface area contributed by atoms with Crippen molar-refractivity contribution in [2.75, 3.05) is 6.54 Å². The molecule has 0 aliphatic carbocycles. The second kappa shape index (κ2) is 10.4. The van der Waals surface area contributed by atoms with Gasteiger partial charge in [-0.2, -0.15) is 0 Å². The number of nitrogens with one attached hydrogen (secondary N) is 1. The first-order valence-electron chi connectivity index (χ1n) is 8.25. The SMILES string of the molecule is Cl.Cl.NC(C(=O)NCCc1nnc2n1CCCCC2)c1ccccc1. The van der Waals surface area contributed by atoms with Gasteiger partial charge in [-0.1, -0.05) is 36.8 Å². The Morgan fingerprint density at radius 1 is 1.16 bits per heavy atom. The van der Waals surface area contributed by atoms with Crippen LogP contribution >= 0.6 is 24.8 Å². The van der Waals surface area contributed by atoms with Crippen LogP contribution in [0.15, 0.2) is 30.3 Å². The summed E-state index contributed by atoms with van der Waals surface area (Å²) in [6.07, 6.45) is 5.27. The van der Waals surface area contributed by atoms with Crippen LogP contribution in [-0.2, 0) is 24.2 Å². The highest BCUT2D eigenvalue weighted by Gasteiger charge is 2.17. The van der Waals surface area contributed by atoms with Crippen LogP contribution in [0, 0.1) is 0 Å². The van der Waals surface area contributed by atoms with E-state index >= 15 is 0 Å². The lowest BCUT2D eigenvalue weighted by atomic mass is 10.1. The number of nitrogens with two attached hydrogens (primary N) is 1. The average molecular weight is 386 g/mol. The highest BCUT2D eigenvalue weighted by Crippen LogP contribution is 2.14. The Balaban J connectivity index is 0.00000156. The molecule has 25 heavy (non-hydrogen) atoms. The van der Waals surface area contributed by atoms with Crippen molar-refractivity contribution >= 4 is 30.7 Å². The fourth-order valence-corrected chi connectivity index (χ4v) is 2.95. The van der Waals surface area contributed by atoms with Gasteiger partial charge < -0.3 is 15.6 Å². The fraction of sp³-hybridized carbons (Fsp3) is 0.471. The fourth-order valence-electron chi connectivity index (χ4n) is 2.95. The van der Waals surface area contributed by atoms with Gasteiger partial charge in [-0.15, -0.1) is 35.0 Å². The molecule has 2 aromatic rings. The van der Waals surface area contributed by atoms with Gasteiger partial charge in [0.25, 0.3) is 0 Å². The molecule has 0 radical (unpaired) electrons. The number of amides is 1. The summed E-state index contributed by atoms with van der Waals surface area (Å²) in [6.45, 7) is 1.51. The van der Waals surface area contributed by atoms with E-state index in [1.54, 1.807) is 0 Å². The van der Waals surface area contributed by atoms with E-state index in [-0.39, 0.29) is 30.7 Å². The molecular formula is C17H25Cl2N5O. The second-order valence-electron chi connectivity index (χ2n) is 5.92. The lowest BCUT2D eigenvalue weighted by Gasteiger charge is -2.12. The van der Waals surface area contributed by atoms with Crippen LogP contribution in [0.3, 0.4) is 0 Å². The molecule has 138 valence electrons. The first kappa shape index (κ1) is 21.4. The summed E-state index contributed by atoms with van der Waals surface area (Å²) in [5.74, 6) is 1.87. The highest BCUT2D eigenvalue weighted by molar-refractivity contribution is 5.85. The largest absolute Gasteiger partial charge is 0.354 e. The molecule has 0 saturated carbocycles. The van der Waals surface area contributed by atoms with Gasteiger partial charge in [0, 0.05) is 25.9 Å². The number of halogens is 2. The first-order chi connectivity index (χ1) is 11.3. The number of aryl methyl sites for hydroxylation is 1. The van der Waals surface area contributed by atoms with Crippen molar-refractivity contribution in [2.24, 2.45) is 5.73 Å². The molecule has 1 amide bonds. The number of aromatic nitrogens is 3. The van der Waals surface area contributed by atoms with Crippen molar-refractivity contribution in [3.63, 3.8) is 0 Å². The van der Waals surface area contributed by atoms with Crippen LogP contribution in [0.5, 0.6) is 0 Å². The molecule has 1 aromatic carbocycles. The molecular weight excluding hydrogens is 361 g/mol. The number of nitrogens with zero attached hydrogens (tertiary/aromatic N) is 3. The van der Waals surface area contributed by atoms with Gasteiger partial charge in [0.15, 0.2) is 0 Å². The van der Waals surface area contributed by atoms with Crippen LogP contribution in [0.1, 0.15) is 42.5 Å². The molecule has 1 aliphatic heterocycles. The van der Waals surface area contributed by atoms with Crippen LogP contribution in [-0.4, -0.2) is 27.2 Å². The minimum absolute atomic E-state index is 0. The van der Waals surface area contributed by atoms with E-state index in [9.17, 15) is 4.79 Å². The molecule has 1 aromatic heterocycles. The van der Waals surface area contributed by atoms with Crippen molar-refractivity contribution in [1.29, 1.82) is 0 Å². The second-order valence-corrected chi connectivity index (χ2v) is 5.92. The summed E-state index contributed by atoms with van der Waals surface area (Å²) in [6, 6.07) is 8.77. The third kappa shape index (κ3) is 5.42. The molecule has 3 rings (SSSR count). The standard InChI is InChI=1S/C17H23N5O.2ClH/c18-16(13-7-3-1-4-8-13)17(23)19-11-10-15-21-20-14-9-5-2-6-12-22(14)15;;/h1,3-4,7-8,16H,2,5-6,9-12,18H2,(H,19,23);2*1H. The Kier molecular flexibility index (Phi) is 8.89. The molecule has 1 atom stereocenters. The van der Waals surface area contributed by atoms with Crippen LogP contribution in [0.2, 0.25) is 0 Å². The molecule has 6 nitrogen and oxygen atoms in total. The third-order valence-corrected chi connectivity index (χ3v) is 4.28. The minimum Gasteiger partial charge on any atom is -0.354 e. The van der Waals surface area contributed by atoms with Gasteiger partial charge in [-0.05, 0) is 18.4 Å². The number of hydrogen-bond donors (Lipinski definition) is 2. The summed E-state index contributed by atoms with van der Waals surface area (Å²) in [4.78, 5) is 12.1. The number of hydrogen-bond acceptors (Lipinski definition) is 4. The smallest absolute Gasteiger partial charge is 0.241 e. The summed E-state index contributed by atoms with van der Waals surface area (Å²) in [7, 11) is 0. The van der Waals surface area contributed by atoms with E-state index in [1.807, 2.05) is 30.3 Å². The van der Waals surface area contributed by atoms with E-state index in [2.05, 4.69) is 20.1 Å². The zero-order chi connectivity index (χ0) is 16.1. The van der Waals surface area contributed by atoms with Crippen molar-refractivity contribution in [3.05, 3.63) is 47.5 Å². The normalized spacial score (nSPS) is 14.3. The van der Waals surface area contributed by atoms with Crippen molar-refractivity contribution in [1.82, 2.24) is 20.1 Å². The van der Waals surface area contributed by atoms with E-state index in [0.29, 0.717) is 13.0 Å². The van der Waals surface area contributed by atoms with Gasteiger partial charge in [-0.25, -0.2) is 0 Å². The summed E-state index contributed by atoms with van der Waals surface area (Å²) < 4.78 is 2.20. The number of carbonyl (C=O) groups excluding carboxylic acids is 1. The monoisotopic (exact) mass is 385 g/mol. The van der Waals surface area contributed by atoms with Crippen LogP contribution < -0.4 is 11.1 Å². The molecule has 0 fully saturated rings. The molecule has 0 saturated heterocycles. The lowest BCUT2D eigenvalue weighted by molar-refractivity contribution is -0.122. The Morgan fingerprint density at radius 3 is 2.68 bits per heavy atom. The van der Waals surface area contributed by atoms with Gasteiger partial charge >= 0.3 is 0 Å². The zero-order valence-electron chi connectivity index (χ0n) is 14.1. The summed E-state index contributed by atoms with van der Waals surface area (Å²) in [5, 5.41) is 11.4. The molecule has 0 spiro atoms. The van der Waals surface area contributed by atoms with Gasteiger partial charge in [-0.3, -0.25) is 4.79 Å². The van der Waals surface area contributed by atoms with E-state index in [0.717, 1.165) is 30.2 Å². The number of benzene rings is 1. The molecule has 2 heterocycles. The predicted octanol–water partition coefficient (Wildman–Crippen LogP) is 2.21. The zero-order valence-corrected chi connectivity index (χ0v) is 15.7.